The Labute approximate surface area is 167 Å². The fraction of sp³-hybridized carbons (Fsp3) is 0.391. The standard InChI is InChI=1S/C23H29N3O2/c1-3-24(4-2)23(28)21(19-11-7-5-8-12-19)25-15-17-26(18-16-25)22(27)20-13-9-6-10-14-20/h5-14,21H,3-4,15-18H2,1-2H3. The van der Waals surface area contributed by atoms with Gasteiger partial charge in [-0.1, -0.05) is 48.5 Å². The van der Waals surface area contributed by atoms with Crippen LogP contribution in [-0.4, -0.2) is 65.8 Å². The van der Waals surface area contributed by atoms with E-state index < -0.39 is 0 Å². The van der Waals surface area contributed by atoms with E-state index in [-0.39, 0.29) is 17.9 Å². The average Bonchev–Trinajstić information content (AvgIpc) is 2.76. The number of hydrogen-bond acceptors (Lipinski definition) is 3. The Bertz CT molecular complexity index is 767. The number of rotatable bonds is 6. The summed E-state index contributed by atoms with van der Waals surface area (Å²) in [6, 6.07) is 19.1. The van der Waals surface area contributed by atoms with Crippen LogP contribution in [0.3, 0.4) is 0 Å². The Kier molecular flexibility index (Phi) is 6.82. The van der Waals surface area contributed by atoms with E-state index in [0.29, 0.717) is 39.3 Å². The molecule has 1 aliphatic heterocycles. The van der Waals surface area contributed by atoms with E-state index in [0.717, 1.165) is 11.1 Å². The maximum Gasteiger partial charge on any atom is 0.253 e. The Hall–Kier alpha value is -2.66. The predicted molar refractivity (Wildman–Crippen MR) is 111 cm³/mol. The number of carbonyl (C=O) groups is 2. The van der Waals surface area contributed by atoms with Crippen molar-refractivity contribution < 1.29 is 9.59 Å². The molecule has 0 N–H and O–H groups in total. The Balaban J connectivity index is 1.74. The summed E-state index contributed by atoms with van der Waals surface area (Å²) in [5.41, 5.74) is 1.73. The van der Waals surface area contributed by atoms with E-state index in [4.69, 9.17) is 0 Å². The van der Waals surface area contributed by atoms with Crippen LogP contribution in [0.4, 0.5) is 0 Å². The van der Waals surface area contributed by atoms with Crippen LogP contribution in [0.15, 0.2) is 60.7 Å². The van der Waals surface area contributed by atoms with Gasteiger partial charge in [-0.15, -0.1) is 0 Å². The zero-order valence-corrected chi connectivity index (χ0v) is 16.8. The van der Waals surface area contributed by atoms with Crippen molar-refractivity contribution in [1.82, 2.24) is 14.7 Å². The van der Waals surface area contributed by atoms with Crippen molar-refractivity contribution in [2.75, 3.05) is 39.3 Å². The van der Waals surface area contributed by atoms with Crippen LogP contribution < -0.4 is 0 Å². The van der Waals surface area contributed by atoms with Crippen molar-refractivity contribution in [3.8, 4) is 0 Å². The molecule has 2 aromatic carbocycles. The number of benzene rings is 2. The van der Waals surface area contributed by atoms with Gasteiger partial charge in [0.2, 0.25) is 5.91 Å². The molecule has 1 aliphatic rings. The molecule has 0 saturated carbocycles. The Morgan fingerprint density at radius 3 is 1.93 bits per heavy atom. The molecule has 3 rings (SSSR count). The monoisotopic (exact) mass is 379 g/mol. The molecule has 0 radical (unpaired) electrons. The van der Waals surface area contributed by atoms with Crippen LogP contribution in [0.1, 0.15) is 35.8 Å². The first-order chi connectivity index (χ1) is 13.7. The minimum absolute atomic E-state index is 0.0616. The molecule has 1 unspecified atom stereocenters. The van der Waals surface area contributed by atoms with E-state index in [1.165, 1.54) is 0 Å². The normalized spacial score (nSPS) is 15.9. The topological polar surface area (TPSA) is 43.9 Å². The third-order valence-corrected chi connectivity index (χ3v) is 5.41. The third kappa shape index (κ3) is 4.42. The average molecular weight is 380 g/mol. The molecule has 1 atom stereocenters. The molecule has 0 spiro atoms. The number of nitrogens with zero attached hydrogens (tertiary/aromatic N) is 3. The number of likely N-dealkylation sites (N-methyl/N-ethyl adjacent to an activating group) is 1. The molecule has 5 heteroatoms. The molecule has 28 heavy (non-hydrogen) atoms. The van der Waals surface area contributed by atoms with Crippen molar-refractivity contribution in [2.45, 2.75) is 19.9 Å². The third-order valence-electron chi connectivity index (χ3n) is 5.41. The number of piperazine rings is 1. The van der Waals surface area contributed by atoms with E-state index in [1.54, 1.807) is 0 Å². The van der Waals surface area contributed by atoms with Crippen LogP contribution in [0, 0.1) is 0 Å². The predicted octanol–water partition coefficient (Wildman–Crippen LogP) is 3.05. The summed E-state index contributed by atoms with van der Waals surface area (Å²) < 4.78 is 0. The highest BCUT2D eigenvalue weighted by Gasteiger charge is 2.33. The van der Waals surface area contributed by atoms with Crippen LogP contribution in [0.5, 0.6) is 0 Å². The summed E-state index contributed by atoms with van der Waals surface area (Å²) in [5.74, 6) is 0.200. The molecule has 5 nitrogen and oxygen atoms in total. The highest BCUT2D eigenvalue weighted by Crippen LogP contribution is 2.25. The summed E-state index contributed by atoms with van der Waals surface area (Å²) in [6.45, 7) is 8.05. The van der Waals surface area contributed by atoms with Crippen molar-refractivity contribution in [3.63, 3.8) is 0 Å². The lowest BCUT2D eigenvalue weighted by molar-refractivity contribution is -0.137. The fourth-order valence-electron chi connectivity index (χ4n) is 3.80. The number of hydrogen-bond donors (Lipinski definition) is 0. The second-order valence-electron chi connectivity index (χ2n) is 7.02. The molecule has 148 valence electrons. The van der Waals surface area contributed by atoms with Gasteiger partial charge in [0.25, 0.3) is 5.91 Å². The van der Waals surface area contributed by atoms with E-state index in [1.807, 2.05) is 84.3 Å². The molecule has 0 aliphatic carbocycles. The van der Waals surface area contributed by atoms with Gasteiger partial charge in [-0.3, -0.25) is 14.5 Å². The molecular formula is C23H29N3O2. The first-order valence-corrected chi connectivity index (χ1v) is 10.1. The fourth-order valence-corrected chi connectivity index (χ4v) is 3.80. The van der Waals surface area contributed by atoms with Gasteiger partial charge in [0, 0.05) is 44.8 Å². The van der Waals surface area contributed by atoms with Crippen molar-refractivity contribution in [2.24, 2.45) is 0 Å². The molecule has 2 aromatic rings. The Morgan fingerprint density at radius 1 is 0.857 bits per heavy atom. The molecule has 0 bridgehead atoms. The molecule has 0 aromatic heterocycles. The second kappa shape index (κ2) is 9.51. The maximum absolute atomic E-state index is 13.2. The number of carbonyl (C=O) groups excluding carboxylic acids is 2. The summed E-state index contributed by atoms with van der Waals surface area (Å²) in [7, 11) is 0. The molecule has 2 amide bonds. The minimum atomic E-state index is -0.296. The first kappa shape index (κ1) is 20.1. The zero-order valence-electron chi connectivity index (χ0n) is 16.8. The van der Waals surface area contributed by atoms with Gasteiger partial charge in [0.1, 0.15) is 6.04 Å². The summed E-state index contributed by atoms with van der Waals surface area (Å²) in [6.07, 6.45) is 0. The van der Waals surface area contributed by atoms with Crippen molar-refractivity contribution in [1.29, 1.82) is 0 Å². The van der Waals surface area contributed by atoms with Gasteiger partial charge < -0.3 is 9.80 Å². The smallest absolute Gasteiger partial charge is 0.253 e. The maximum atomic E-state index is 13.2. The van der Waals surface area contributed by atoms with Gasteiger partial charge in [-0.05, 0) is 31.5 Å². The molecular weight excluding hydrogens is 350 g/mol. The zero-order chi connectivity index (χ0) is 19.9. The quantitative estimate of drug-likeness (QED) is 0.775. The van der Waals surface area contributed by atoms with Crippen molar-refractivity contribution in [3.05, 3.63) is 71.8 Å². The lowest BCUT2D eigenvalue weighted by Crippen LogP contribution is -2.52. The van der Waals surface area contributed by atoms with Gasteiger partial charge in [-0.25, -0.2) is 0 Å². The van der Waals surface area contributed by atoms with Crippen LogP contribution in [0.25, 0.3) is 0 Å². The van der Waals surface area contributed by atoms with Crippen LogP contribution >= 0.6 is 0 Å². The number of amides is 2. The van der Waals surface area contributed by atoms with E-state index >= 15 is 0 Å². The van der Waals surface area contributed by atoms with E-state index in [9.17, 15) is 9.59 Å². The minimum Gasteiger partial charge on any atom is -0.342 e. The van der Waals surface area contributed by atoms with Gasteiger partial charge >= 0.3 is 0 Å². The van der Waals surface area contributed by atoms with Crippen LogP contribution in [0.2, 0.25) is 0 Å². The first-order valence-electron chi connectivity index (χ1n) is 10.1. The largest absolute Gasteiger partial charge is 0.342 e. The van der Waals surface area contributed by atoms with Crippen LogP contribution in [-0.2, 0) is 4.79 Å². The highest BCUT2D eigenvalue weighted by atomic mass is 16.2. The van der Waals surface area contributed by atoms with E-state index in [2.05, 4.69) is 4.90 Å². The van der Waals surface area contributed by atoms with Gasteiger partial charge in [0.05, 0.1) is 0 Å². The molecule has 1 heterocycles. The Morgan fingerprint density at radius 2 is 1.39 bits per heavy atom. The lowest BCUT2D eigenvalue weighted by atomic mass is 10.0. The van der Waals surface area contributed by atoms with Crippen molar-refractivity contribution >= 4 is 11.8 Å². The van der Waals surface area contributed by atoms with Gasteiger partial charge in [-0.2, -0.15) is 0 Å². The summed E-state index contributed by atoms with van der Waals surface area (Å²) in [4.78, 5) is 31.9. The van der Waals surface area contributed by atoms with Gasteiger partial charge in [0.15, 0.2) is 0 Å². The summed E-state index contributed by atoms with van der Waals surface area (Å²) in [5, 5.41) is 0. The molecule has 1 saturated heterocycles. The lowest BCUT2D eigenvalue weighted by Gasteiger charge is -2.40. The molecule has 1 fully saturated rings. The second-order valence-corrected chi connectivity index (χ2v) is 7.02. The summed E-state index contributed by atoms with van der Waals surface area (Å²) >= 11 is 0. The highest BCUT2D eigenvalue weighted by molar-refractivity contribution is 5.94. The SMILES string of the molecule is CCN(CC)C(=O)C(c1ccccc1)N1CCN(C(=O)c2ccccc2)CC1.